The monoisotopic (exact) mass is 320 g/mol. The molecule has 0 aliphatic carbocycles. The molecule has 0 aromatic heterocycles. The van der Waals surface area contributed by atoms with Gasteiger partial charge in [-0.05, 0) is 19.4 Å². The summed E-state index contributed by atoms with van der Waals surface area (Å²) in [4.78, 5) is 11.5. The van der Waals surface area contributed by atoms with Gasteiger partial charge in [0.2, 0.25) is 0 Å². The molecule has 124 valence electrons. The van der Waals surface area contributed by atoms with Crippen LogP contribution in [0.2, 0.25) is 0 Å². The first-order valence-electron chi connectivity index (χ1n) is 6.81. The Morgan fingerprint density at radius 3 is 2.64 bits per heavy atom. The van der Waals surface area contributed by atoms with E-state index in [1.54, 1.807) is 24.3 Å². The molecule has 1 atom stereocenters. The van der Waals surface area contributed by atoms with Gasteiger partial charge in [0.1, 0.15) is 5.75 Å². The quantitative estimate of drug-likeness (QED) is 0.721. The van der Waals surface area contributed by atoms with Gasteiger partial charge in [0, 0.05) is 18.7 Å². The Morgan fingerprint density at radius 1 is 1.32 bits per heavy atom. The zero-order chi connectivity index (χ0) is 16.6. The van der Waals surface area contributed by atoms with Gasteiger partial charge in [-0.3, -0.25) is 0 Å². The third kappa shape index (κ3) is 6.21. The van der Waals surface area contributed by atoms with E-state index in [-0.39, 0.29) is 13.1 Å². The van der Waals surface area contributed by atoms with E-state index in [0.717, 1.165) is 5.56 Å². The van der Waals surface area contributed by atoms with Gasteiger partial charge in [-0.1, -0.05) is 18.2 Å². The molecule has 0 spiro atoms. The number of hydrogen-bond donors (Lipinski definition) is 3. The van der Waals surface area contributed by atoms with E-state index in [4.69, 9.17) is 9.84 Å². The number of aliphatic hydroxyl groups is 1. The summed E-state index contributed by atoms with van der Waals surface area (Å²) in [5, 5.41) is 13.6. The van der Waals surface area contributed by atoms with Crippen LogP contribution in [0.4, 0.5) is 18.0 Å². The summed E-state index contributed by atoms with van der Waals surface area (Å²) in [6.07, 6.45) is -7.70. The average molecular weight is 320 g/mol. The van der Waals surface area contributed by atoms with E-state index in [1.165, 1.54) is 0 Å². The van der Waals surface area contributed by atoms with E-state index >= 15 is 0 Å². The van der Waals surface area contributed by atoms with E-state index in [2.05, 4.69) is 10.6 Å². The van der Waals surface area contributed by atoms with Crippen LogP contribution in [0.3, 0.4) is 0 Å². The molecule has 2 amide bonds. The molecule has 0 saturated carbocycles. The molecule has 0 fully saturated rings. The fourth-order valence-corrected chi connectivity index (χ4v) is 1.67. The van der Waals surface area contributed by atoms with Gasteiger partial charge < -0.3 is 20.5 Å². The van der Waals surface area contributed by atoms with Gasteiger partial charge >= 0.3 is 12.2 Å². The number of alkyl halides is 3. The summed E-state index contributed by atoms with van der Waals surface area (Å²) < 4.78 is 41.6. The number of amides is 2. The number of urea groups is 1. The smallest absolute Gasteiger partial charge is 0.414 e. The molecule has 1 aromatic rings. The maximum Gasteiger partial charge on any atom is 0.414 e. The van der Waals surface area contributed by atoms with Crippen LogP contribution in [0, 0.1) is 0 Å². The molecule has 0 aliphatic rings. The minimum Gasteiger partial charge on any atom is -0.494 e. The van der Waals surface area contributed by atoms with Crippen molar-refractivity contribution in [2.45, 2.75) is 32.2 Å². The highest BCUT2D eigenvalue weighted by Crippen LogP contribution is 2.21. The van der Waals surface area contributed by atoms with Crippen molar-refractivity contribution in [2.75, 3.05) is 13.2 Å². The van der Waals surface area contributed by atoms with Crippen LogP contribution in [0.5, 0.6) is 5.75 Å². The molecule has 0 saturated heterocycles. The topological polar surface area (TPSA) is 70.6 Å². The van der Waals surface area contributed by atoms with Crippen molar-refractivity contribution in [3.63, 3.8) is 0 Å². The van der Waals surface area contributed by atoms with Crippen molar-refractivity contribution in [3.8, 4) is 5.75 Å². The number of para-hydroxylation sites is 1. The summed E-state index contributed by atoms with van der Waals surface area (Å²) in [5.74, 6) is 0.637. The van der Waals surface area contributed by atoms with Crippen molar-refractivity contribution in [3.05, 3.63) is 29.8 Å². The van der Waals surface area contributed by atoms with Crippen LogP contribution >= 0.6 is 0 Å². The minimum absolute atomic E-state index is 0.184. The van der Waals surface area contributed by atoms with Crippen LogP contribution in [-0.4, -0.2) is 36.6 Å². The van der Waals surface area contributed by atoms with Crippen molar-refractivity contribution < 1.29 is 27.8 Å². The van der Waals surface area contributed by atoms with Crippen LogP contribution < -0.4 is 15.4 Å². The lowest BCUT2D eigenvalue weighted by Crippen LogP contribution is -2.38. The molecule has 0 radical (unpaired) electrons. The fraction of sp³-hybridized carbons (Fsp3) is 0.500. The number of aliphatic hydroxyl groups excluding tert-OH is 1. The molecular weight excluding hydrogens is 301 g/mol. The summed E-state index contributed by atoms with van der Waals surface area (Å²) >= 11 is 0. The lowest BCUT2D eigenvalue weighted by atomic mass is 10.2. The molecule has 0 heterocycles. The molecule has 22 heavy (non-hydrogen) atoms. The highest BCUT2D eigenvalue weighted by atomic mass is 19.4. The Kier molecular flexibility index (Phi) is 6.97. The first-order valence-corrected chi connectivity index (χ1v) is 6.81. The average Bonchev–Trinajstić information content (AvgIpc) is 2.45. The van der Waals surface area contributed by atoms with E-state index < -0.39 is 24.7 Å². The fourth-order valence-electron chi connectivity index (χ4n) is 1.67. The number of halogens is 3. The summed E-state index contributed by atoms with van der Waals surface area (Å²) in [7, 11) is 0. The predicted octanol–water partition coefficient (Wildman–Crippen LogP) is 2.20. The predicted molar refractivity (Wildman–Crippen MR) is 74.5 cm³/mol. The second-order valence-corrected chi connectivity index (χ2v) is 4.50. The lowest BCUT2D eigenvalue weighted by Gasteiger charge is -2.15. The number of ether oxygens (including phenoxy) is 1. The number of nitrogens with one attached hydrogen (secondary N) is 2. The van der Waals surface area contributed by atoms with Gasteiger partial charge in [-0.2, -0.15) is 13.2 Å². The maximum atomic E-state index is 12.1. The third-order valence-electron chi connectivity index (χ3n) is 2.79. The van der Waals surface area contributed by atoms with Crippen LogP contribution in [0.1, 0.15) is 18.9 Å². The van der Waals surface area contributed by atoms with E-state index in [9.17, 15) is 18.0 Å². The van der Waals surface area contributed by atoms with Crippen LogP contribution in [0.25, 0.3) is 0 Å². The third-order valence-corrected chi connectivity index (χ3v) is 2.79. The van der Waals surface area contributed by atoms with Crippen molar-refractivity contribution in [2.24, 2.45) is 0 Å². The summed E-state index contributed by atoms with van der Waals surface area (Å²) in [6.45, 7) is 2.23. The van der Waals surface area contributed by atoms with Gasteiger partial charge in [0.15, 0.2) is 6.10 Å². The summed E-state index contributed by atoms with van der Waals surface area (Å²) in [6, 6.07) is 6.52. The van der Waals surface area contributed by atoms with Gasteiger partial charge in [-0.25, -0.2) is 4.79 Å². The van der Waals surface area contributed by atoms with E-state index in [1.807, 2.05) is 6.92 Å². The van der Waals surface area contributed by atoms with Crippen molar-refractivity contribution >= 4 is 6.03 Å². The Balaban J connectivity index is 2.35. The first kappa shape index (κ1) is 18.1. The number of benzene rings is 1. The van der Waals surface area contributed by atoms with Crippen LogP contribution in [-0.2, 0) is 6.54 Å². The normalized spacial score (nSPS) is 12.6. The second kappa shape index (κ2) is 8.47. The largest absolute Gasteiger partial charge is 0.494 e. The molecule has 0 aliphatic heterocycles. The number of hydrogen-bond acceptors (Lipinski definition) is 3. The molecule has 3 N–H and O–H groups in total. The van der Waals surface area contributed by atoms with Crippen molar-refractivity contribution in [1.82, 2.24) is 10.6 Å². The second-order valence-electron chi connectivity index (χ2n) is 4.50. The molecule has 0 bridgehead atoms. The zero-order valence-corrected chi connectivity index (χ0v) is 12.1. The van der Waals surface area contributed by atoms with Crippen LogP contribution in [0.15, 0.2) is 24.3 Å². The summed E-state index contributed by atoms with van der Waals surface area (Å²) in [5.41, 5.74) is 0.759. The SMILES string of the molecule is CCOc1ccccc1CNC(=O)NCCC(O)C(F)(F)F. The standard InChI is InChI=1S/C14H19F3N2O3/c1-2-22-11-6-4-3-5-10(11)9-19-13(21)18-8-7-12(20)14(15,16)17/h3-6,12,20H,2,7-9H2,1H3,(H2,18,19,21). The molecule has 1 aromatic carbocycles. The van der Waals surface area contributed by atoms with Gasteiger partial charge in [0.05, 0.1) is 6.61 Å². The Hall–Kier alpha value is -1.96. The Morgan fingerprint density at radius 2 is 2.00 bits per heavy atom. The maximum absolute atomic E-state index is 12.1. The Labute approximate surface area is 126 Å². The van der Waals surface area contributed by atoms with Gasteiger partial charge in [0.25, 0.3) is 0 Å². The number of rotatable bonds is 7. The Bertz CT molecular complexity index is 481. The molecule has 8 heteroatoms. The van der Waals surface area contributed by atoms with Crippen molar-refractivity contribution in [1.29, 1.82) is 0 Å². The molecule has 5 nitrogen and oxygen atoms in total. The van der Waals surface area contributed by atoms with E-state index in [0.29, 0.717) is 12.4 Å². The highest BCUT2D eigenvalue weighted by Gasteiger charge is 2.37. The lowest BCUT2D eigenvalue weighted by molar-refractivity contribution is -0.204. The first-order chi connectivity index (χ1) is 10.3. The number of carbonyl (C=O) groups excluding carboxylic acids is 1. The van der Waals surface area contributed by atoms with Gasteiger partial charge in [-0.15, -0.1) is 0 Å². The number of carbonyl (C=O) groups is 1. The highest BCUT2D eigenvalue weighted by molar-refractivity contribution is 5.73. The minimum atomic E-state index is -4.67. The zero-order valence-electron chi connectivity index (χ0n) is 12.1. The molecule has 1 unspecified atom stereocenters. The molecule has 1 rings (SSSR count). The molecular formula is C14H19F3N2O3.